The number of aryl methyl sites for hydroxylation is 2. The highest BCUT2D eigenvalue weighted by molar-refractivity contribution is 6.04. The molecule has 0 radical (unpaired) electrons. The van der Waals surface area contributed by atoms with Gasteiger partial charge in [-0.25, -0.2) is 0 Å². The number of hydrogen-bond acceptors (Lipinski definition) is 3. The number of rotatable bonds is 6. The summed E-state index contributed by atoms with van der Waals surface area (Å²) in [5, 5.41) is 20.1. The van der Waals surface area contributed by atoms with Gasteiger partial charge in [-0.15, -0.1) is 0 Å². The summed E-state index contributed by atoms with van der Waals surface area (Å²) in [4.78, 5) is 24.3. The molecule has 156 valence electrons. The zero-order chi connectivity index (χ0) is 22.0. The summed E-state index contributed by atoms with van der Waals surface area (Å²) in [5.74, 6) is -1.85. The summed E-state index contributed by atoms with van der Waals surface area (Å²) in [5.41, 5.74) is 6.07. The van der Waals surface area contributed by atoms with E-state index in [-0.39, 0.29) is 6.42 Å². The van der Waals surface area contributed by atoms with Gasteiger partial charge < -0.3 is 10.4 Å². The van der Waals surface area contributed by atoms with Crippen molar-refractivity contribution in [2.75, 3.05) is 5.32 Å². The van der Waals surface area contributed by atoms with Crippen molar-refractivity contribution in [3.8, 4) is 11.1 Å². The molecule has 4 aromatic rings. The molecule has 0 fully saturated rings. The first-order chi connectivity index (χ1) is 14.9. The molecule has 0 saturated carbocycles. The Balaban J connectivity index is 1.64. The van der Waals surface area contributed by atoms with Gasteiger partial charge in [0.1, 0.15) is 0 Å². The second-order valence-electron chi connectivity index (χ2n) is 7.65. The van der Waals surface area contributed by atoms with Crippen molar-refractivity contribution in [1.29, 1.82) is 0 Å². The van der Waals surface area contributed by atoms with Gasteiger partial charge in [-0.3, -0.25) is 14.7 Å². The number of anilines is 1. The molecule has 3 N–H and O–H groups in total. The van der Waals surface area contributed by atoms with Crippen LogP contribution in [0.2, 0.25) is 0 Å². The van der Waals surface area contributed by atoms with Crippen LogP contribution in [0.4, 0.5) is 5.82 Å². The predicted octanol–water partition coefficient (Wildman–Crippen LogP) is 5.04. The topological polar surface area (TPSA) is 95.1 Å². The molecule has 4 rings (SSSR count). The Morgan fingerprint density at radius 3 is 2.39 bits per heavy atom. The van der Waals surface area contributed by atoms with Gasteiger partial charge in [-0.2, -0.15) is 5.10 Å². The highest BCUT2D eigenvalue weighted by Crippen LogP contribution is 2.31. The number of hydrogen-bond donors (Lipinski definition) is 3. The molecular formula is C25H23N3O3. The van der Waals surface area contributed by atoms with Crippen molar-refractivity contribution in [2.24, 2.45) is 0 Å². The van der Waals surface area contributed by atoms with Gasteiger partial charge >= 0.3 is 5.97 Å². The molecule has 0 bridgehead atoms. The van der Waals surface area contributed by atoms with E-state index < -0.39 is 17.8 Å². The highest BCUT2D eigenvalue weighted by Gasteiger charge is 2.25. The lowest BCUT2D eigenvalue weighted by Crippen LogP contribution is -2.23. The Morgan fingerprint density at radius 1 is 1.00 bits per heavy atom. The number of H-pyrrole nitrogens is 1. The lowest BCUT2D eigenvalue weighted by atomic mass is 9.94. The molecule has 1 amide bonds. The van der Waals surface area contributed by atoms with Crippen molar-refractivity contribution in [3.63, 3.8) is 0 Å². The van der Waals surface area contributed by atoms with Crippen molar-refractivity contribution in [1.82, 2.24) is 10.2 Å². The van der Waals surface area contributed by atoms with E-state index in [1.807, 2.05) is 30.3 Å². The number of fused-ring (bicyclic) bond motifs is 1. The van der Waals surface area contributed by atoms with Crippen LogP contribution in [0, 0.1) is 13.8 Å². The fraction of sp³-hybridized carbons (Fsp3) is 0.160. The second-order valence-corrected chi connectivity index (χ2v) is 7.65. The summed E-state index contributed by atoms with van der Waals surface area (Å²) < 4.78 is 0. The number of carboxylic acid groups (broad SMARTS) is 1. The van der Waals surface area contributed by atoms with E-state index in [2.05, 4.69) is 41.5 Å². The number of carbonyl (C=O) groups is 2. The molecule has 0 aliphatic carbocycles. The first-order valence-corrected chi connectivity index (χ1v) is 10.1. The van der Waals surface area contributed by atoms with Gasteiger partial charge in [-0.05, 0) is 53.8 Å². The highest BCUT2D eigenvalue weighted by atomic mass is 16.4. The zero-order valence-electron chi connectivity index (χ0n) is 17.3. The number of aromatic amines is 1. The molecule has 1 heterocycles. The van der Waals surface area contributed by atoms with Crippen LogP contribution < -0.4 is 5.32 Å². The number of benzene rings is 3. The lowest BCUT2D eigenvalue weighted by molar-refractivity contribution is -0.139. The quantitative estimate of drug-likeness (QED) is 0.412. The van der Waals surface area contributed by atoms with Crippen LogP contribution >= 0.6 is 0 Å². The third kappa shape index (κ3) is 4.19. The van der Waals surface area contributed by atoms with Crippen LogP contribution in [0.5, 0.6) is 0 Å². The molecule has 0 aliphatic heterocycles. The van der Waals surface area contributed by atoms with Crippen LogP contribution in [-0.2, 0) is 9.59 Å². The molecule has 1 unspecified atom stereocenters. The molecule has 1 atom stereocenters. The maximum atomic E-state index is 12.9. The third-order valence-corrected chi connectivity index (χ3v) is 5.47. The number of aliphatic carboxylic acids is 1. The van der Waals surface area contributed by atoms with E-state index in [0.29, 0.717) is 11.4 Å². The maximum Gasteiger partial charge on any atom is 0.304 e. The molecule has 6 nitrogen and oxygen atoms in total. The van der Waals surface area contributed by atoms with Gasteiger partial charge in [0.05, 0.1) is 17.9 Å². The normalized spacial score (nSPS) is 11.9. The third-order valence-electron chi connectivity index (χ3n) is 5.47. The Morgan fingerprint density at radius 2 is 1.71 bits per heavy atom. The minimum Gasteiger partial charge on any atom is -0.481 e. The fourth-order valence-corrected chi connectivity index (χ4v) is 3.97. The van der Waals surface area contributed by atoms with Crippen LogP contribution in [0.3, 0.4) is 0 Å². The average Bonchev–Trinajstić information content (AvgIpc) is 3.14. The number of amides is 1. The minimum atomic E-state index is -1.03. The van der Waals surface area contributed by atoms with E-state index in [4.69, 9.17) is 0 Å². The van der Waals surface area contributed by atoms with Crippen molar-refractivity contribution < 1.29 is 14.7 Å². The van der Waals surface area contributed by atoms with Crippen LogP contribution in [0.1, 0.15) is 29.0 Å². The summed E-state index contributed by atoms with van der Waals surface area (Å²) in [6.07, 6.45) is -0.297. The summed E-state index contributed by atoms with van der Waals surface area (Å²) >= 11 is 0. The van der Waals surface area contributed by atoms with Crippen LogP contribution in [0.15, 0.2) is 66.7 Å². The molecule has 31 heavy (non-hydrogen) atoms. The van der Waals surface area contributed by atoms with Crippen molar-refractivity contribution >= 4 is 28.6 Å². The summed E-state index contributed by atoms with van der Waals surface area (Å²) in [6.45, 7) is 4.16. The number of aromatic nitrogens is 2. The first-order valence-electron chi connectivity index (χ1n) is 10.1. The monoisotopic (exact) mass is 413 g/mol. The van der Waals surface area contributed by atoms with E-state index in [1.54, 1.807) is 24.3 Å². The molecular weight excluding hydrogens is 390 g/mol. The average molecular weight is 413 g/mol. The van der Waals surface area contributed by atoms with Gasteiger partial charge in [0.25, 0.3) is 0 Å². The molecule has 0 saturated heterocycles. The lowest BCUT2D eigenvalue weighted by Gasteiger charge is -2.14. The van der Waals surface area contributed by atoms with Gasteiger partial charge in [0, 0.05) is 5.39 Å². The zero-order valence-corrected chi connectivity index (χ0v) is 17.3. The summed E-state index contributed by atoms with van der Waals surface area (Å²) in [6, 6.07) is 21.1. The Labute approximate surface area is 179 Å². The first kappa shape index (κ1) is 20.3. The van der Waals surface area contributed by atoms with Gasteiger partial charge in [-0.1, -0.05) is 54.6 Å². The SMILES string of the molecule is Cc1cccc(C)c1-c1ccc2c(NC(=O)C(CC(=O)O)c3ccccc3)n[nH]c2c1. The predicted molar refractivity (Wildman–Crippen MR) is 121 cm³/mol. The van der Waals surface area contributed by atoms with Gasteiger partial charge in [0.2, 0.25) is 5.91 Å². The fourth-order valence-electron chi connectivity index (χ4n) is 3.97. The Bertz CT molecular complexity index is 1240. The Kier molecular flexibility index (Phi) is 5.54. The van der Waals surface area contributed by atoms with Crippen LogP contribution in [-0.4, -0.2) is 27.2 Å². The van der Waals surface area contributed by atoms with Crippen LogP contribution in [0.25, 0.3) is 22.0 Å². The van der Waals surface area contributed by atoms with Gasteiger partial charge in [0.15, 0.2) is 5.82 Å². The molecule has 6 heteroatoms. The van der Waals surface area contributed by atoms with E-state index in [9.17, 15) is 14.7 Å². The number of carboxylic acids is 1. The smallest absolute Gasteiger partial charge is 0.304 e. The summed E-state index contributed by atoms with van der Waals surface area (Å²) in [7, 11) is 0. The van der Waals surface area contributed by atoms with E-state index in [1.165, 1.54) is 16.7 Å². The molecule has 1 aromatic heterocycles. The standard InChI is InChI=1S/C25H23N3O3/c1-15-7-6-8-16(2)23(15)18-11-12-19-21(13-18)27-28-24(19)26-25(31)20(14-22(29)30)17-9-4-3-5-10-17/h3-13,20H,14H2,1-2H3,(H,29,30)(H2,26,27,28,31). The van der Waals surface area contributed by atoms with Crippen molar-refractivity contribution in [2.45, 2.75) is 26.2 Å². The Hall–Kier alpha value is -3.93. The van der Waals surface area contributed by atoms with Crippen molar-refractivity contribution in [3.05, 3.63) is 83.4 Å². The maximum absolute atomic E-state index is 12.9. The van der Waals surface area contributed by atoms with E-state index in [0.717, 1.165) is 16.5 Å². The number of nitrogens with zero attached hydrogens (tertiary/aromatic N) is 1. The number of nitrogens with one attached hydrogen (secondary N) is 2. The van der Waals surface area contributed by atoms with E-state index >= 15 is 0 Å². The molecule has 0 spiro atoms. The molecule has 3 aromatic carbocycles. The number of carbonyl (C=O) groups excluding carboxylic acids is 1. The minimum absolute atomic E-state index is 0.297. The largest absolute Gasteiger partial charge is 0.481 e. The second kappa shape index (κ2) is 8.44. The molecule has 0 aliphatic rings.